The summed E-state index contributed by atoms with van der Waals surface area (Å²) in [5, 5.41) is 14.2. The van der Waals surface area contributed by atoms with Gasteiger partial charge in [-0.2, -0.15) is 4.31 Å². The molecule has 4 rings (SSSR count). The number of likely N-dealkylation sites (tertiary alicyclic amines) is 1. The number of halogens is 1. The van der Waals surface area contributed by atoms with Gasteiger partial charge < -0.3 is 10.0 Å². The smallest absolute Gasteiger partial charge is 0.326 e. The second-order valence-corrected chi connectivity index (χ2v) is 13.4. The van der Waals surface area contributed by atoms with E-state index in [-0.39, 0.29) is 36.2 Å². The summed E-state index contributed by atoms with van der Waals surface area (Å²) in [4.78, 5) is 31.2. The van der Waals surface area contributed by atoms with Gasteiger partial charge in [0.05, 0.1) is 11.4 Å². The predicted molar refractivity (Wildman–Crippen MR) is 139 cm³/mol. The quantitative estimate of drug-likeness (QED) is 0.439. The van der Waals surface area contributed by atoms with E-state index in [0.29, 0.717) is 15.4 Å². The van der Waals surface area contributed by atoms with Gasteiger partial charge in [0.2, 0.25) is 15.9 Å². The lowest BCUT2D eigenvalue weighted by molar-refractivity contribution is -0.150. The zero-order valence-corrected chi connectivity index (χ0v) is 22.6. The number of carboxylic acids is 1. The van der Waals surface area contributed by atoms with Crippen molar-refractivity contribution < 1.29 is 23.1 Å². The van der Waals surface area contributed by atoms with Crippen molar-refractivity contribution in [1.29, 1.82) is 0 Å². The van der Waals surface area contributed by atoms with E-state index in [0.717, 1.165) is 5.39 Å². The third-order valence-electron chi connectivity index (χ3n) is 6.18. The van der Waals surface area contributed by atoms with Crippen molar-refractivity contribution in [3.8, 4) is 0 Å². The van der Waals surface area contributed by atoms with Gasteiger partial charge in [-0.3, -0.25) is 4.79 Å². The molecule has 1 fully saturated rings. The number of hydrogen-bond donors (Lipinski definition) is 1. The van der Waals surface area contributed by atoms with E-state index in [1.165, 1.54) is 26.6 Å². The molecule has 3 aromatic rings. The van der Waals surface area contributed by atoms with Crippen LogP contribution in [0.1, 0.15) is 38.6 Å². The van der Waals surface area contributed by atoms with Crippen LogP contribution in [0, 0.1) is 5.41 Å². The molecule has 1 aliphatic rings. The first kappa shape index (κ1) is 26.5. The minimum absolute atomic E-state index is 0.0459. The van der Waals surface area contributed by atoms with Crippen molar-refractivity contribution in [2.24, 2.45) is 5.41 Å². The number of thiazole rings is 1. The first-order chi connectivity index (χ1) is 16.9. The van der Waals surface area contributed by atoms with E-state index in [1.807, 2.05) is 20.8 Å². The van der Waals surface area contributed by atoms with Crippen molar-refractivity contribution in [2.45, 2.75) is 57.1 Å². The molecule has 1 N–H and O–H groups in total. The Morgan fingerprint density at radius 2 is 1.94 bits per heavy atom. The number of sulfonamides is 1. The van der Waals surface area contributed by atoms with Crippen LogP contribution in [-0.4, -0.2) is 58.2 Å². The Hall–Kier alpha value is -2.53. The maximum absolute atomic E-state index is 13.9. The lowest BCUT2D eigenvalue weighted by atomic mass is 9.87. The summed E-state index contributed by atoms with van der Waals surface area (Å²) in [5.41, 5.74) is -0.331. The van der Waals surface area contributed by atoms with E-state index < -0.39 is 34.0 Å². The van der Waals surface area contributed by atoms with Gasteiger partial charge >= 0.3 is 5.97 Å². The number of aromatic nitrogens is 1. The number of aliphatic carboxylic acids is 1. The minimum Gasteiger partial charge on any atom is -0.480 e. The second-order valence-electron chi connectivity index (χ2n) is 10.1. The highest BCUT2D eigenvalue weighted by molar-refractivity contribution is 7.89. The third kappa shape index (κ3) is 5.56. The third-order valence-corrected chi connectivity index (χ3v) is 9.03. The largest absolute Gasteiger partial charge is 0.480 e. The van der Waals surface area contributed by atoms with E-state index in [2.05, 4.69) is 4.98 Å². The van der Waals surface area contributed by atoms with Gasteiger partial charge in [-0.05, 0) is 53.3 Å². The molecule has 0 radical (unpaired) electrons. The Morgan fingerprint density at radius 1 is 1.25 bits per heavy atom. The van der Waals surface area contributed by atoms with Crippen molar-refractivity contribution in [2.75, 3.05) is 6.54 Å². The van der Waals surface area contributed by atoms with E-state index >= 15 is 0 Å². The number of carbonyl (C=O) groups is 2. The lowest BCUT2D eigenvalue weighted by Crippen LogP contribution is -2.49. The fourth-order valence-corrected chi connectivity index (χ4v) is 6.98. The average Bonchev–Trinajstić information content (AvgIpc) is 3.44. The van der Waals surface area contributed by atoms with Gasteiger partial charge in [0.1, 0.15) is 17.1 Å². The molecule has 1 saturated heterocycles. The molecule has 2 aromatic carbocycles. The van der Waals surface area contributed by atoms with Crippen LogP contribution < -0.4 is 0 Å². The monoisotopic (exact) mass is 549 g/mol. The normalized spacial score (nSPS) is 17.8. The maximum atomic E-state index is 13.9. The van der Waals surface area contributed by atoms with Gasteiger partial charge in [0.25, 0.3) is 0 Å². The van der Waals surface area contributed by atoms with Crippen LogP contribution in [0.2, 0.25) is 5.02 Å². The van der Waals surface area contributed by atoms with Crippen LogP contribution in [0.3, 0.4) is 0 Å². The second kappa shape index (κ2) is 10.1. The van der Waals surface area contributed by atoms with Crippen molar-refractivity contribution in [1.82, 2.24) is 14.2 Å². The van der Waals surface area contributed by atoms with E-state index in [9.17, 15) is 23.1 Å². The molecule has 0 bridgehead atoms. The van der Waals surface area contributed by atoms with Gasteiger partial charge in [0.15, 0.2) is 0 Å². The van der Waals surface area contributed by atoms with Gasteiger partial charge in [-0.15, -0.1) is 11.3 Å². The number of amides is 1. The first-order valence-corrected chi connectivity index (χ1v) is 14.2. The summed E-state index contributed by atoms with van der Waals surface area (Å²) in [6, 6.07) is 7.87. The molecule has 2 atom stereocenters. The number of benzene rings is 2. The molecule has 192 valence electrons. The van der Waals surface area contributed by atoms with Crippen molar-refractivity contribution in [3.63, 3.8) is 0 Å². The topological polar surface area (TPSA) is 108 Å². The molecule has 1 amide bonds. The minimum atomic E-state index is -4.13. The van der Waals surface area contributed by atoms with Gasteiger partial charge in [-0.1, -0.05) is 44.5 Å². The molecule has 0 unspecified atom stereocenters. The molecule has 36 heavy (non-hydrogen) atoms. The summed E-state index contributed by atoms with van der Waals surface area (Å²) in [5.74, 6) is -1.60. The fourth-order valence-electron chi connectivity index (χ4n) is 4.49. The zero-order chi connectivity index (χ0) is 26.3. The molecule has 0 aliphatic carbocycles. The molecule has 2 heterocycles. The highest BCUT2D eigenvalue weighted by Gasteiger charge is 2.46. The summed E-state index contributed by atoms with van der Waals surface area (Å²) in [6.45, 7) is 5.81. The molecular weight excluding hydrogens is 522 g/mol. The number of carboxylic acid groups (broad SMARTS) is 1. The molecule has 0 spiro atoms. The van der Waals surface area contributed by atoms with E-state index in [4.69, 9.17) is 11.6 Å². The summed E-state index contributed by atoms with van der Waals surface area (Å²) < 4.78 is 29.0. The van der Waals surface area contributed by atoms with Crippen molar-refractivity contribution in [3.05, 3.63) is 58.0 Å². The molecule has 11 heteroatoms. The summed E-state index contributed by atoms with van der Waals surface area (Å²) >= 11 is 7.36. The zero-order valence-electron chi connectivity index (χ0n) is 20.2. The Morgan fingerprint density at radius 3 is 2.58 bits per heavy atom. The molecule has 0 saturated carbocycles. The lowest BCUT2D eigenvalue weighted by Gasteiger charge is -2.31. The Labute approximate surface area is 219 Å². The highest BCUT2D eigenvalue weighted by atomic mass is 35.5. The number of carbonyl (C=O) groups excluding carboxylic acids is 1. The van der Waals surface area contributed by atoms with Crippen molar-refractivity contribution >= 4 is 55.6 Å². The summed E-state index contributed by atoms with van der Waals surface area (Å²) in [6.07, 6.45) is 2.03. The van der Waals surface area contributed by atoms with E-state index in [1.54, 1.807) is 41.9 Å². The number of hydrogen-bond acceptors (Lipinski definition) is 6. The summed E-state index contributed by atoms with van der Waals surface area (Å²) in [7, 11) is -4.13. The number of nitrogens with zero attached hydrogens (tertiary/aromatic N) is 3. The Kier molecular flexibility index (Phi) is 7.43. The SMILES string of the molecule is CC(C)(C)C[C@@H](C(=O)O)N1CC[C@H](N(Cc2nccs2)S(=O)(=O)c2ccc3cc(Cl)ccc3c2)C1=O. The number of fused-ring (bicyclic) bond motifs is 1. The predicted octanol–water partition coefficient (Wildman–Crippen LogP) is 4.63. The van der Waals surface area contributed by atoms with Crippen LogP contribution in [0.15, 0.2) is 52.9 Å². The van der Waals surface area contributed by atoms with Gasteiger partial charge in [-0.25, -0.2) is 18.2 Å². The molecule has 1 aromatic heterocycles. The Bertz CT molecular complexity index is 1390. The van der Waals surface area contributed by atoms with Crippen LogP contribution >= 0.6 is 22.9 Å². The van der Waals surface area contributed by atoms with Crippen LogP contribution in [-0.2, 0) is 26.2 Å². The maximum Gasteiger partial charge on any atom is 0.326 e. The van der Waals surface area contributed by atoms with Crippen LogP contribution in [0.25, 0.3) is 10.8 Å². The van der Waals surface area contributed by atoms with Crippen LogP contribution in [0.5, 0.6) is 0 Å². The first-order valence-electron chi connectivity index (χ1n) is 11.5. The molecular formula is C25H28ClN3O5S2. The van der Waals surface area contributed by atoms with Crippen LogP contribution in [0.4, 0.5) is 0 Å². The Balaban J connectivity index is 1.71. The average molecular weight is 550 g/mol. The molecule has 8 nitrogen and oxygen atoms in total. The number of rotatable bonds is 8. The molecule has 1 aliphatic heterocycles. The van der Waals surface area contributed by atoms with Gasteiger partial charge in [0, 0.05) is 23.1 Å². The fraction of sp³-hybridized carbons (Fsp3) is 0.400. The highest BCUT2D eigenvalue weighted by Crippen LogP contribution is 2.32. The standard InChI is InChI=1S/C25H28ClN3O5S2/c1-25(2,3)14-21(24(31)32)28-10-8-20(23(28)30)29(15-22-27-9-11-35-22)36(33,34)19-7-5-16-12-18(26)6-4-17(16)13-19/h4-7,9,11-13,20-21H,8,10,14-15H2,1-3H3,(H,31,32)/t20-,21-/m0/s1.